The Labute approximate surface area is 137 Å². The first kappa shape index (κ1) is 15.1. The number of nitrogens with one attached hydrogen (secondary N) is 1. The van der Waals surface area contributed by atoms with E-state index in [9.17, 15) is 5.11 Å². The monoisotopic (exact) mass is 325 g/mol. The van der Waals surface area contributed by atoms with Crippen LogP contribution in [0.5, 0.6) is 11.5 Å². The molecule has 0 aliphatic rings. The van der Waals surface area contributed by atoms with E-state index in [0.29, 0.717) is 5.13 Å². The topological polar surface area (TPSA) is 66.7 Å². The van der Waals surface area contributed by atoms with Crippen LogP contribution in [0.25, 0.3) is 11.3 Å². The van der Waals surface area contributed by atoms with E-state index in [1.165, 1.54) is 11.3 Å². The van der Waals surface area contributed by atoms with Crippen molar-refractivity contribution in [3.05, 3.63) is 59.5 Å². The molecular weight excluding hydrogens is 310 g/mol. The number of phenolic OH excluding ortho intramolecular Hbond substituents is 1. The second-order valence-corrected chi connectivity index (χ2v) is 5.59. The van der Waals surface area contributed by atoms with Gasteiger partial charge in [-0.25, -0.2) is 4.98 Å². The van der Waals surface area contributed by atoms with Crippen LogP contribution in [0.2, 0.25) is 0 Å². The van der Waals surface area contributed by atoms with E-state index in [1.807, 2.05) is 35.7 Å². The minimum absolute atomic E-state index is 0.213. The molecule has 3 aromatic rings. The van der Waals surface area contributed by atoms with Crippen molar-refractivity contribution in [2.75, 3.05) is 12.5 Å². The number of aromatic hydroxyl groups is 1. The molecule has 0 aliphatic carbocycles. The number of ether oxygens (including phenoxy) is 1. The van der Waals surface area contributed by atoms with E-state index < -0.39 is 0 Å². The van der Waals surface area contributed by atoms with Gasteiger partial charge >= 0.3 is 0 Å². The molecule has 2 N–H and O–H groups in total. The Morgan fingerprint density at radius 1 is 1.22 bits per heavy atom. The lowest BCUT2D eigenvalue weighted by atomic mass is 10.2. The fourth-order valence-corrected chi connectivity index (χ4v) is 2.66. The third kappa shape index (κ3) is 3.87. The van der Waals surface area contributed by atoms with Gasteiger partial charge in [-0.15, -0.1) is 11.3 Å². The van der Waals surface area contributed by atoms with E-state index >= 15 is 0 Å². The van der Waals surface area contributed by atoms with E-state index in [2.05, 4.69) is 15.5 Å². The summed E-state index contributed by atoms with van der Waals surface area (Å²) in [4.78, 5) is 4.49. The van der Waals surface area contributed by atoms with Crippen molar-refractivity contribution in [3.63, 3.8) is 0 Å². The molecule has 1 aromatic heterocycles. The van der Waals surface area contributed by atoms with Crippen molar-refractivity contribution in [1.82, 2.24) is 4.98 Å². The first-order chi connectivity index (χ1) is 11.2. The number of hydrogen-bond donors (Lipinski definition) is 2. The molecule has 0 aliphatic heterocycles. The SMILES string of the molecule is COc1ccc(-c2csc(N/N=C\c3cccc(O)c3)n2)cc1. The summed E-state index contributed by atoms with van der Waals surface area (Å²) in [5.41, 5.74) is 5.61. The van der Waals surface area contributed by atoms with Gasteiger partial charge in [0.25, 0.3) is 0 Å². The summed E-state index contributed by atoms with van der Waals surface area (Å²) < 4.78 is 5.15. The predicted octanol–water partition coefficient (Wildman–Crippen LogP) is 3.97. The zero-order valence-corrected chi connectivity index (χ0v) is 13.2. The zero-order valence-electron chi connectivity index (χ0n) is 12.4. The molecule has 0 amide bonds. The Balaban J connectivity index is 1.67. The molecule has 2 aromatic carbocycles. The van der Waals surface area contributed by atoms with Crippen LogP contribution in [0, 0.1) is 0 Å². The van der Waals surface area contributed by atoms with Gasteiger partial charge in [-0.05, 0) is 42.0 Å². The van der Waals surface area contributed by atoms with Gasteiger partial charge < -0.3 is 9.84 Å². The maximum absolute atomic E-state index is 9.39. The van der Waals surface area contributed by atoms with Gasteiger partial charge in [0.1, 0.15) is 11.5 Å². The van der Waals surface area contributed by atoms with Crippen LogP contribution in [0.1, 0.15) is 5.56 Å². The molecule has 116 valence electrons. The van der Waals surface area contributed by atoms with Gasteiger partial charge in [0, 0.05) is 10.9 Å². The van der Waals surface area contributed by atoms with E-state index in [4.69, 9.17) is 4.74 Å². The van der Waals surface area contributed by atoms with Gasteiger partial charge in [-0.2, -0.15) is 5.10 Å². The highest BCUT2D eigenvalue weighted by Gasteiger charge is 2.04. The Bertz CT molecular complexity index is 813. The summed E-state index contributed by atoms with van der Waals surface area (Å²) in [6.07, 6.45) is 1.63. The first-order valence-electron chi connectivity index (χ1n) is 6.92. The highest BCUT2D eigenvalue weighted by atomic mass is 32.1. The van der Waals surface area contributed by atoms with Crippen LogP contribution in [-0.2, 0) is 0 Å². The van der Waals surface area contributed by atoms with Crippen molar-refractivity contribution < 1.29 is 9.84 Å². The molecule has 0 radical (unpaired) electrons. The molecule has 0 saturated heterocycles. The Kier molecular flexibility index (Phi) is 4.54. The van der Waals surface area contributed by atoms with Crippen molar-refractivity contribution in [2.24, 2.45) is 5.10 Å². The van der Waals surface area contributed by atoms with Crippen molar-refractivity contribution in [2.45, 2.75) is 0 Å². The summed E-state index contributed by atoms with van der Waals surface area (Å²) in [5, 5.41) is 16.2. The van der Waals surface area contributed by atoms with E-state index in [-0.39, 0.29) is 5.75 Å². The van der Waals surface area contributed by atoms with Crippen LogP contribution >= 0.6 is 11.3 Å². The lowest BCUT2D eigenvalue weighted by molar-refractivity contribution is 0.415. The normalized spacial score (nSPS) is 10.8. The fourth-order valence-electron chi connectivity index (χ4n) is 1.99. The molecule has 23 heavy (non-hydrogen) atoms. The largest absolute Gasteiger partial charge is 0.508 e. The van der Waals surface area contributed by atoms with Gasteiger partial charge in [-0.1, -0.05) is 12.1 Å². The molecule has 6 heteroatoms. The molecule has 1 heterocycles. The van der Waals surface area contributed by atoms with Gasteiger partial charge in [0.15, 0.2) is 0 Å². The quantitative estimate of drug-likeness (QED) is 0.550. The molecule has 0 atom stereocenters. The van der Waals surface area contributed by atoms with Crippen molar-refractivity contribution in [3.8, 4) is 22.8 Å². The summed E-state index contributed by atoms with van der Waals surface area (Å²) in [6.45, 7) is 0. The highest BCUT2D eigenvalue weighted by Crippen LogP contribution is 2.26. The fraction of sp³-hybridized carbons (Fsp3) is 0.0588. The number of phenols is 1. The van der Waals surface area contributed by atoms with Crippen LogP contribution in [0.3, 0.4) is 0 Å². The van der Waals surface area contributed by atoms with Crippen LogP contribution in [-0.4, -0.2) is 23.4 Å². The minimum atomic E-state index is 0.213. The number of thiazole rings is 1. The van der Waals surface area contributed by atoms with Crippen LogP contribution in [0.4, 0.5) is 5.13 Å². The third-order valence-corrected chi connectivity index (χ3v) is 3.88. The molecule has 0 unspecified atom stereocenters. The molecule has 3 rings (SSSR count). The lowest BCUT2D eigenvalue weighted by Crippen LogP contribution is -1.90. The Morgan fingerprint density at radius 2 is 2.04 bits per heavy atom. The van der Waals surface area contributed by atoms with Crippen molar-refractivity contribution >= 4 is 22.7 Å². The maximum atomic E-state index is 9.39. The van der Waals surface area contributed by atoms with Gasteiger partial charge in [-0.3, -0.25) is 5.43 Å². The summed E-state index contributed by atoms with van der Waals surface area (Å²) in [5.74, 6) is 1.03. The Morgan fingerprint density at radius 3 is 2.78 bits per heavy atom. The molecule has 0 fully saturated rings. The molecule has 0 spiro atoms. The van der Waals surface area contributed by atoms with Crippen LogP contribution in [0.15, 0.2) is 59.0 Å². The third-order valence-electron chi connectivity index (χ3n) is 3.13. The average Bonchev–Trinajstić information content (AvgIpc) is 3.04. The second-order valence-electron chi connectivity index (χ2n) is 4.73. The molecule has 5 nitrogen and oxygen atoms in total. The van der Waals surface area contributed by atoms with Crippen LogP contribution < -0.4 is 10.2 Å². The van der Waals surface area contributed by atoms with Gasteiger partial charge in [0.05, 0.1) is 19.0 Å². The Hall–Kier alpha value is -2.86. The standard InChI is InChI=1S/C17H15N3O2S/c1-22-15-7-5-13(6-8-15)16-11-23-17(19-16)20-18-10-12-3-2-4-14(21)9-12/h2-11,21H,1H3,(H,19,20)/b18-10-. The number of aromatic nitrogens is 1. The smallest absolute Gasteiger partial charge is 0.203 e. The number of methoxy groups -OCH3 is 1. The number of hydrazone groups is 1. The predicted molar refractivity (Wildman–Crippen MR) is 93.4 cm³/mol. The van der Waals surface area contributed by atoms with E-state index in [1.54, 1.807) is 31.5 Å². The summed E-state index contributed by atoms with van der Waals surface area (Å²) in [6, 6.07) is 14.6. The minimum Gasteiger partial charge on any atom is -0.508 e. The summed E-state index contributed by atoms with van der Waals surface area (Å²) >= 11 is 1.48. The first-order valence-corrected chi connectivity index (χ1v) is 7.80. The summed E-state index contributed by atoms with van der Waals surface area (Å²) in [7, 11) is 1.64. The lowest BCUT2D eigenvalue weighted by Gasteiger charge is -2.00. The van der Waals surface area contributed by atoms with Crippen molar-refractivity contribution in [1.29, 1.82) is 0 Å². The van der Waals surface area contributed by atoms with E-state index in [0.717, 1.165) is 22.6 Å². The number of nitrogens with zero attached hydrogens (tertiary/aromatic N) is 2. The maximum Gasteiger partial charge on any atom is 0.203 e. The second kappa shape index (κ2) is 6.93. The molecule has 0 saturated carbocycles. The molecular formula is C17H15N3O2S. The average molecular weight is 325 g/mol. The zero-order chi connectivity index (χ0) is 16.1. The molecule has 0 bridgehead atoms. The number of benzene rings is 2. The van der Waals surface area contributed by atoms with Gasteiger partial charge in [0.2, 0.25) is 5.13 Å². The number of rotatable bonds is 5. The highest BCUT2D eigenvalue weighted by molar-refractivity contribution is 7.14. The number of hydrogen-bond acceptors (Lipinski definition) is 6. The number of anilines is 1.